The van der Waals surface area contributed by atoms with Crippen LogP contribution < -0.4 is 15.4 Å². The zero-order valence-corrected chi connectivity index (χ0v) is 9.62. The van der Waals surface area contributed by atoms with Gasteiger partial charge in [-0.05, 0) is 24.3 Å². The van der Waals surface area contributed by atoms with Gasteiger partial charge in [-0.2, -0.15) is 5.26 Å². The Labute approximate surface area is 107 Å². The molecule has 0 bridgehead atoms. The molecule has 0 spiro atoms. The van der Waals surface area contributed by atoms with Gasteiger partial charge in [0.2, 0.25) is 0 Å². The highest BCUT2D eigenvalue weighted by Crippen LogP contribution is 2.23. The fraction of sp³-hybridized carbons (Fsp3) is 0.273. The van der Waals surface area contributed by atoms with E-state index in [4.69, 9.17) is 5.26 Å². The predicted molar refractivity (Wildman–Crippen MR) is 60.4 cm³/mol. The van der Waals surface area contributed by atoms with Crippen molar-refractivity contribution in [2.45, 2.75) is 12.8 Å². The molecule has 0 atom stereocenters. The zero-order chi connectivity index (χ0) is 14.3. The molecule has 0 unspecified atom stereocenters. The molecule has 0 aliphatic rings. The topological polar surface area (TPSA) is 74.2 Å². The number of anilines is 1. The van der Waals surface area contributed by atoms with Crippen molar-refractivity contribution in [1.82, 2.24) is 5.32 Å². The third kappa shape index (κ3) is 6.16. The summed E-state index contributed by atoms with van der Waals surface area (Å²) in [6, 6.07) is 6.01. The Bertz CT molecular complexity index is 466. The van der Waals surface area contributed by atoms with Crippen molar-refractivity contribution in [3.8, 4) is 11.8 Å². The Balaban J connectivity index is 2.48. The lowest BCUT2D eigenvalue weighted by atomic mass is 10.3. The molecule has 19 heavy (non-hydrogen) atoms. The van der Waals surface area contributed by atoms with E-state index in [0.29, 0.717) is 5.69 Å². The Morgan fingerprint density at radius 2 is 1.95 bits per heavy atom. The second kappa shape index (κ2) is 6.49. The lowest BCUT2D eigenvalue weighted by Crippen LogP contribution is -2.29. The van der Waals surface area contributed by atoms with Crippen LogP contribution in [0.15, 0.2) is 24.3 Å². The van der Waals surface area contributed by atoms with Crippen molar-refractivity contribution in [2.24, 2.45) is 0 Å². The van der Waals surface area contributed by atoms with Crippen molar-refractivity contribution in [2.75, 3.05) is 11.9 Å². The minimum Gasteiger partial charge on any atom is -0.406 e. The highest BCUT2D eigenvalue weighted by atomic mass is 19.4. The molecular weight excluding hydrogens is 263 g/mol. The molecule has 0 heterocycles. The fourth-order valence-electron chi connectivity index (χ4n) is 1.15. The van der Waals surface area contributed by atoms with E-state index in [2.05, 4.69) is 15.4 Å². The lowest BCUT2D eigenvalue weighted by molar-refractivity contribution is -0.274. The number of carbonyl (C=O) groups excluding carboxylic acids is 1. The van der Waals surface area contributed by atoms with E-state index in [0.717, 1.165) is 12.1 Å². The van der Waals surface area contributed by atoms with Crippen LogP contribution in [0.5, 0.6) is 5.75 Å². The predicted octanol–water partition coefficient (Wildman–Crippen LogP) is 2.62. The quantitative estimate of drug-likeness (QED) is 0.828. The fourth-order valence-corrected chi connectivity index (χ4v) is 1.15. The van der Waals surface area contributed by atoms with Crippen LogP contribution in [0.3, 0.4) is 0 Å². The van der Waals surface area contributed by atoms with Crippen LogP contribution in [0, 0.1) is 11.3 Å². The van der Waals surface area contributed by atoms with Crippen LogP contribution >= 0.6 is 0 Å². The van der Waals surface area contributed by atoms with Gasteiger partial charge < -0.3 is 15.4 Å². The number of ether oxygens (including phenoxy) is 1. The molecule has 0 aromatic heterocycles. The summed E-state index contributed by atoms with van der Waals surface area (Å²) in [5.74, 6) is -0.372. The average Bonchev–Trinajstić information content (AvgIpc) is 2.30. The van der Waals surface area contributed by atoms with Crippen molar-refractivity contribution in [3.05, 3.63) is 24.3 Å². The average molecular weight is 273 g/mol. The molecule has 1 rings (SSSR count). The van der Waals surface area contributed by atoms with Gasteiger partial charge in [0.1, 0.15) is 5.75 Å². The summed E-state index contributed by atoms with van der Waals surface area (Å²) < 4.78 is 39.4. The van der Waals surface area contributed by atoms with Crippen LogP contribution in [0.2, 0.25) is 0 Å². The first kappa shape index (κ1) is 14.6. The maximum atomic E-state index is 11.9. The van der Waals surface area contributed by atoms with Crippen molar-refractivity contribution >= 4 is 11.7 Å². The summed E-state index contributed by atoms with van der Waals surface area (Å²) in [5.41, 5.74) is 0.309. The number of rotatable bonds is 4. The van der Waals surface area contributed by atoms with E-state index in [1.54, 1.807) is 0 Å². The second-order valence-corrected chi connectivity index (χ2v) is 3.36. The maximum absolute atomic E-state index is 11.9. The second-order valence-electron chi connectivity index (χ2n) is 3.36. The maximum Gasteiger partial charge on any atom is 0.573 e. The molecule has 0 saturated heterocycles. The molecule has 1 aromatic carbocycles. The summed E-state index contributed by atoms with van der Waals surface area (Å²) in [5, 5.41) is 13.1. The van der Waals surface area contributed by atoms with Gasteiger partial charge in [0.25, 0.3) is 0 Å². The molecule has 1 aromatic rings. The van der Waals surface area contributed by atoms with Gasteiger partial charge in [0.15, 0.2) is 0 Å². The smallest absolute Gasteiger partial charge is 0.406 e. The Hall–Kier alpha value is -2.43. The number of nitrogens with one attached hydrogen (secondary N) is 2. The lowest BCUT2D eigenvalue weighted by Gasteiger charge is -2.10. The number of hydrogen-bond acceptors (Lipinski definition) is 3. The summed E-state index contributed by atoms with van der Waals surface area (Å²) in [4.78, 5) is 11.3. The van der Waals surface area contributed by atoms with Crippen molar-refractivity contribution in [3.63, 3.8) is 0 Å². The van der Waals surface area contributed by atoms with E-state index in [9.17, 15) is 18.0 Å². The molecule has 0 aliphatic carbocycles. The first-order chi connectivity index (χ1) is 8.90. The molecule has 0 saturated carbocycles. The number of amides is 2. The molecule has 0 radical (unpaired) electrons. The number of nitrogens with zero attached hydrogens (tertiary/aromatic N) is 1. The van der Waals surface area contributed by atoms with Gasteiger partial charge in [-0.3, -0.25) is 0 Å². The molecule has 102 valence electrons. The van der Waals surface area contributed by atoms with E-state index >= 15 is 0 Å². The first-order valence-corrected chi connectivity index (χ1v) is 5.18. The largest absolute Gasteiger partial charge is 0.573 e. The monoisotopic (exact) mass is 273 g/mol. The third-order valence-corrected chi connectivity index (χ3v) is 1.87. The van der Waals surface area contributed by atoms with Crippen LogP contribution in [0.4, 0.5) is 23.7 Å². The number of hydrogen-bond donors (Lipinski definition) is 2. The Morgan fingerprint density at radius 3 is 2.47 bits per heavy atom. The number of benzene rings is 1. The first-order valence-electron chi connectivity index (χ1n) is 5.18. The third-order valence-electron chi connectivity index (χ3n) is 1.87. The van der Waals surface area contributed by atoms with Crippen molar-refractivity contribution < 1.29 is 22.7 Å². The van der Waals surface area contributed by atoms with Crippen LogP contribution in [0.1, 0.15) is 6.42 Å². The Morgan fingerprint density at radius 1 is 1.32 bits per heavy atom. The van der Waals surface area contributed by atoms with Gasteiger partial charge in [-0.15, -0.1) is 13.2 Å². The Kier molecular flexibility index (Phi) is 5.00. The number of nitriles is 1. The normalized spacial score (nSPS) is 10.4. The number of carbonyl (C=O) groups is 1. The minimum atomic E-state index is -4.75. The number of alkyl halides is 3. The molecule has 5 nitrogen and oxygen atoms in total. The van der Waals surface area contributed by atoms with Crippen molar-refractivity contribution in [1.29, 1.82) is 5.26 Å². The van der Waals surface area contributed by atoms with E-state index < -0.39 is 12.4 Å². The molecule has 0 fully saturated rings. The van der Waals surface area contributed by atoms with E-state index in [1.165, 1.54) is 12.1 Å². The van der Waals surface area contributed by atoms with E-state index in [-0.39, 0.29) is 18.7 Å². The standard InChI is InChI=1S/C11H10F3N3O2/c12-11(13,14)19-9-4-2-8(3-5-9)17-10(18)16-7-1-6-15/h2-5H,1,7H2,(H2,16,17,18). The summed E-state index contributed by atoms with van der Waals surface area (Å²) in [6.45, 7) is 0.192. The van der Waals surface area contributed by atoms with Gasteiger partial charge in [-0.1, -0.05) is 0 Å². The molecule has 2 N–H and O–H groups in total. The highest BCUT2D eigenvalue weighted by Gasteiger charge is 2.30. The van der Waals surface area contributed by atoms with E-state index in [1.807, 2.05) is 6.07 Å². The van der Waals surface area contributed by atoms with Gasteiger partial charge in [-0.25, -0.2) is 4.79 Å². The minimum absolute atomic E-state index is 0.172. The SMILES string of the molecule is N#CCCNC(=O)Nc1ccc(OC(F)(F)F)cc1. The van der Waals surface area contributed by atoms with Crippen LogP contribution in [-0.2, 0) is 0 Å². The molecular formula is C11H10F3N3O2. The van der Waals surface area contributed by atoms with Gasteiger partial charge >= 0.3 is 12.4 Å². The molecule has 8 heteroatoms. The van der Waals surface area contributed by atoms with Gasteiger partial charge in [0.05, 0.1) is 12.5 Å². The van der Waals surface area contributed by atoms with Crippen LogP contribution in [-0.4, -0.2) is 18.9 Å². The zero-order valence-electron chi connectivity index (χ0n) is 9.62. The molecule has 2 amide bonds. The number of urea groups is 1. The summed E-state index contributed by atoms with van der Waals surface area (Å²) >= 11 is 0. The van der Waals surface area contributed by atoms with Crippen LogP contribution in [0.25, 0.3) is 0 Å². The molecule has 0 aliphatic heterocycles. The highest BCUT2D eigenvalue weighted by molar-refractivity contribution is 5.89. The summed E-state index contributed by atoms with van der Waals surface area (Å²) in [7, 11) is 0. The summed E-state index contributed by atoms with van der Waals surface area (Å²) in [6.07, 6.45) is -4.57. The number of halogens is 3. The van der Waals surface area contributed by atoms with Gasteiger partial charge in [0, 0.05) is 12.2 Å².